The second kappa shape index (κ2) is 14.9. The van der Waals surface area contributed by atoms with E-state index in [1.807, 2.05) is 11.8 Å². The lowest BCUT2D eigenvalue weighted by Crippen LogP contribution is -2.35. The molecule has 0 spiro atoms. The molecule has 1 saturated carbocycles. The second-order valence-corrected chi connectivity index (χ2v) is 23.4. The summed E-state index contributed by atoms with van der Waals surface area (Å²) in [4.78, 5) is 2.83. The highest BCUT2D eigenvalue weighted by Crippen LogP contribution is 2.61. The number of benzene rings is 7. The van der Waals surface area contributed by atoms with E-state index in [9.17, 15) is 0 Å². The maximum absolute atomic E-state index is 4.15. The number of nitrogens with one attached hydrogen (secondary N) is 1. The van der Waals surface area contributed by atoms with E-state index in [1.165, 1.54) is 117 Å². The number of aryl methyl sites for hydroxylation is 1. The molecule has 3 heteroatoms. The van der Waals surface area contributed by atoms with E-state index in [-0.39, 0.29) is 15.6 Å². The average Bonchev–Trinajstić information content (AvgIpc) is 3.99. The van der Waals surface area contributed by atoms with Gasteiger partial charge in [0.05, 0.1) is 5.69 Å². The SMILES string of the molecule is Cc1ccc(C(C)(CC2=CC=CC3c4ccccc4SC23C)c2ccc3c(c2)C(C)(C)c2cccc4c2c-3c(NC2CC2)c2ccc(/C=C/C3=CC=CC5c6ccccc6SC35)cc24)cc1. The van der Waals surface area contributed by atoms with Gasteiger partial charge < -0.3 is 5.32 Å². The van der Waals surface area contributed by atoms with E-state index >= 15 is 0 Å². The Morgan fingerprint density at radius 1 is 0.697 bits per heavy atom. The van der Waals surface area contributed by atoms with Gasteiger partial charge in [0.15, 0.2) is 0 Å². The zero-order chi connectivity index (χ0) is 44.5. The molecular weight excluding hydrogens is 835 g/mol. The van der Waals surface area contributed by atoms with Gasteiger partial charge >= 0.3 is 0 Å². The molecule has 0 saturated heterocycles. The number of fused-ring (bicyclic) bond motifs is 10. The van der Waals surface area contributed by atoms with Crippen molar-refractivity contribution in [2.24, 2.45) is 0 Å². The molecule has 5 atom stereocenters. The van der Waals surface area contributed by atoms with Gasteiger partial charge in [-0.25, -0.2) is 0 Å². The van der Waals surface area contributed by atoms with Crippen molar-refractivity contribution in [1.29, 1.82) is 0 Å². The Morgan fingerprint density at radius 3 is 2.30 bits per heavy atom. The van der Waals surface area contributed by atoms with Crippen molar-refractivity contribution in [2.45, 2.75) is 102 Å². The summed E-state index contributed by atoms with van der Waals surface area (Å²) in [5.41, 5.74) is 17.5. The number of hydrogen-bond acceptors (Lipinski definition) is 3. The van der Waals surface area contributed by atoms with Crippen molar-refractivity contribution in [3.8, 4) is 11.1 Å². The van der Waals surface area contributed by atoms with Crippen LogP contribution in [-0.4, -0.2) is 16.0 Å². The van der Waals surface area contributed by atoms with Crippen LogP contribution in [0.3, 0.4) is 0 Å². The van der Waals surface area contributed by atoms with Crippen molar-refractivity contribution >= 4 is 56.8 Å². The monoisotopic (exact) mass is 889 g/mol. The third-order valence-electron chi connectivity index (χ3n) is 16.3. The Labute approximate surface area is 398 Å². The molecule has 324 valence electrons. The Morgan fingerprint density at radius 2 is 1.47 bits per heavy atom. The Kier molecular flexibility index (Phi) is 9.14. The zero-order valence-corrected chi connectivity index (χ0v) is 40.1. The third-order valence-corrected chi connectivity index (χ3v) is 19.2. The van der Waals surface area contributed by atoms with Crippen LogP contribution in [0.25, 0.3) is 38.7 Å². The largest absolute Gasteiger partial charge is 0.381 e. The Hall–Kier alpha value is -5.74. The van der Waals surface area contributed by atoms with E-state index < -0.39 is 0 Å². The van der Waals surface area contributed by atoms with Crippen LogP contribution in [0.2, 0.25) is 0 Å². The van der Waals surface area contributed by atoms with Gasteiger partial charge in [0.25, 0.3) is 0 Å². The molecule has 1 N–H and O–H groups in total. The molecule has 13 rings (SSSR count). The molecule has 0 radical (unpaired) electrons. The predicted molar refractivity (Wildman–Crippen MR) is 284 cm³/mol. The molecule has 2 heterocycles. The molecule has 0 bridgehead atoms. The molecule has 1 fully saturated rings. The van der Waals surface area contributed by atoms with E-state index in [0.29, 0.717) is 23.1 Å². The first-order valence-electron chi connectivity index (χ1n) is 24.1. The summed E-state index contributed by atoms with van der Waals surface area (Å²) in [6.45, 7) is 12.2. The standard InChI is InChI=1S/C63H55NS2/c1-38-23-28-41(29-24-38)62(4,37-43-14-11-19-52-49-16-7-9-22-56(49)66-63(43,52)5)42-30-34-50-54(36-42)61(2,3)53-20-12-17-46-51-35-39(26-33-47(51)59(58(50)57(46)53)64-44-31-32-44)25-27-40-13-10-18-48-45-15-6-8-21-55(45)65-60(40)48/h6-30,33-36,44,48,52,60,64H,31-32,37H2,1-5H3/b27-25+. The van der Waals surface area contributed by atoms with Crippen molar-refractivity contribution < 1.29 is 0 Å². The summed E-state index contributed by atoms with van der Waals surface area (Å²) in [5, 5.41) is 9.96. The average molecular weight is 890 g/mol. The smallest absolute Gasteiger partial charge is 0.0508 e. The Balaban J connectivity index is 0.933. The van der Waals surface area contributed by atoms with Crippen molar-refractivity contribution in [3.63, 3.8) is 0 Å². The van der Waals surface area contributed by atoms with Gasteiger partial charge in [-0.3, -0.25) is 0 Å². The molecule has 2 aliphatic heterocycles. The molecular formula is C63H55NS2. The first-order valence-corrected chi connectivity index (χ1v) is 25.8. The lowest BCUT2D eigenvalue weighted by molar-refractivity contribution is 0.516. The molecule has 6 aliphatic rings. The summed E-state index contributed by atoms with van der Waals surface area (Å²) in [5.74, 6) is 0.796. The minimum Gasteiger partial charge on any atom is -0.381 e. The van der Waals surface area contributed by atoms with Crippen LogP contribution in [0.15, 0.2) is 191 Å². The Bertz CT molecular complexity index is 3360. The summed E-state index contributed by atoms with van der Waals surface area (Å²) < 4.78 is -0.0399. The molecule has 5 unspecified atom stereocenters. The lowest BCUT2D eigenvalue weighted by Gasteiger charge is -2.42. The first kappa shape index (κ1) is 40.5. The third kappa shape index (κ3) is 6.15. The summed E-state index contributed by atoms with van der Waals surface area (Å²) in [7, 11) is 0. The lowest BCUT2D eigenvalue weighted by atomic mass is 9.64. The molecule has 66 heavy (non-hydrogen) atoms. The van der Waals surface area contributed by atoms with Crippen LogP contribution in [0.1, 0.15) is 103 Å². The van der Waals surface area contributed by atoms with E-state index in [2.05, 4.69) is 228 Å². The minimum absolute atomic E-state index is 0.0399. The highest BCUT2D eigenvalue weighted by molar-refractivity contribution is 8.01. The van der Waals surface area contributed by atoms with E-state index in [1.54, 1.807) is 0 Å². The fourth-order valence-corrected chi connectivity index (χ4v) is 15.3. The van der Waals surface area contributed by atoms with Crippen molar-refractivity contribution in [1.82, 2.24) is 0 Å². The maximum atomic E-state index is 4.15. The fourth-order valence-electron chi connectivity index (χ4n) is 12.3. The number of allylic oxidation sites excluding steroid dienone is 7. The zero-order valence-electron chi connectivity index (χ0n) is 38.5. The van der Waals surface area contributed by atoms with Gasteiger partial charge in [-0.05, 0) is 118 Å². The van der Waals surface area contributed by atoms with Gasteiger partial charge in [-0.1, -0.05) is 190 Å². The van der Waals surface area contributed by atoms with Gasteiger partial charge in [0.1, 0.15) is 0 Å². The highest BCUT2D eigenvalue weighted by atomic mass is 32.2. The van der Waals surface area contributed by atoms with Gasteiger partial charge in [0.2, 0.25) is 0 Å². The minimum atomic E-state index is -0.265. The van der Waals surface area contributed by atoms with Gasteiger partial charge in [-0.2, -0.15) is 0 Å². The number of anilines is 1. The maximum Gasteiger partial charge on any atom is 0.0508 e. The molecule has 1 nitrogen and oxygen atoms in total. The fraction of sp³-hybridized carbons (Fsp3) is 0.238. The van der Waals surface area contributed by atoms with Crippen molar-refractivity contribution in [2.75, 3.05) is 5.32 Å². The number of thioether (sulfide) groups is 2. The second-order valence-electron chi connectivity index (χ2n) is 20.8. The quantitative estimate of drug-likeness (QED) is 0.153. The van der Waals surface area contributed by atoms with E-state index in [4.69, 9.17) is 0 Å². The molecule has 7 aromatic carbocycles. The molecule has 7 aromatic rings. The molecule has 0 amide bonds. The predicted octanol–water partition coefficient (Wildman–Crippen LogP) is 16.8. The summed E-state index contributed by atoms with van der Waals surface area (Å²) in [6, 6.07) is 49.9. The van der Waals surface area contributed by atoms with Crippen LogP contribution in [0, 0.1) is 6.92 Å². The van der Waals surface area contributed by atoms with Crippen LogP contribution in [0.4, 0.5) is 5.69 Å². The summed E-state index contributed by atoms with van der Waals surface area (Å²) >= 11 is 4.08. The molecule has 4 aliphatic carbocycles. The normalized spacial score (nSPS) is 23.7. The van der Waals surface area contributed by atoms with Gasteiger partial charge in [0, 0.05) is 59.4 Å². The topological polar surface area (TPSA) is 12.0 Å². The summed E-state index contributed by atoms with van der Waals surface area (Å²) in [6.07, 6.45) is 22.3. The van der Waals surface area contributed by atoms with Crippen molar-refractivity contribution in [3.05, 3.63) is 226 Å². The van der Waals surface area contributed by atoms with Crippen LogP contribution in [0.5, 0.6) is 0 Å². The number of rotatable bonds is 8. The van der Waals surface area contributed by atoms with Crippen LogP contribution < -0.4 is 5.32 Å². The van der Waals surface area contributed by atoms with Crippen LogP contribution in [-0.2, 0) is 10.8 Å². The molecule has 0 aromatic heterocycles. The van der Waals surface area contributed by atoms with Crippen LogP contribution >= 0.6 is 23.5 Å². The van der Waals surface area contributed by atoms with Gasteiger partial charge in [-0.15, -0.1) is 23.5 Å². The highest BCUT2D eigenvalue weighted by Gasteiger charge is 2.48. The van der Waals surface area contributed by atoms with E-state index in [0.717, 1.165) is 6.42 Å². The number of hydrogen-bond donors (Lipinski definition) is 1. The first-order chi connectivity index (χ1) is 32.1.